The van der Waals surface area contributed by atoms with E-state index in [1.165, 1.54) is 12.8 Å². The fourth-order valence-corrected chi connectivity index (χ4v) is 11.4. The molecule has 10 atom stereocenters. The molecule has 4 fully saturated rings. The molecule has 0 aromatic rings. The Labute approximate surface area is 225 Å². The third-order valence-electron chi connectivity index (χ3n) is 13.8. The highest BCUT2D eigenvalue weighted by atomic mass is 16.5. The standard InChI is InChI=1S/C33H52O4/c1-20-12-17-33(28(35)36-9)19-18-31(7)23(27(33)21(20)2)10-11-25-30(6)15-14-26(37-22(3)34)29(4,5)24(30)13-16-32(25,31)8/h10,20-21,24-27H,11-19H2,1-9H3/t20-,21-,24+,25+,26+,27+,30+,31-,32+,33-/m1/s1. The van der Waals surface area contributed by atoms with Crippen LogP contribution in [-0.4, -0.2) is 25.2 Å². The number of ether oxygens (including phenoxy) is 2. The molecular weight excluding hydrogens is 460 g/mol. The van der Waals surface area contributed by atoms with Crippen LogP contribution in [0, 0.1) is 56.7 Å². The molecule has 5 aliphatic carbocycles. The topological polar surface area (TPSA) is 52.6 Å². The van der Waals surface area contributed by atoms with E-state index in [2.05, 4.69) is 54.5 Å². The molecule has 5 aliphatic rings. The number of allylic oxidation sites excluding steroid dienone is 2. The van der Waals surface area contributed by atoms with Gasteiger partial charge in [-0.1, -0.05) is 60.1 Å². The van der Waals surface area contributed by atoms with Crippen LogP contribution in [0.2, 0.25) is 0 Å². The molecule has 5 rings (SSSR count). The van der Waals surface area contributed by atoms with Crippen molar-refractivity contribution >= 4 is 11.9 Å². The summed E-state index contributed by atoms with van der Waals surface area (Å²) in [6.45, 7) is 18.8. The van der Waals surface area contributed by atoms with Crippen molar-refractivity contribution in [1.29, 1.82) is 0 Å². The van der Waals surface area contributed by atoms with E-state index in [1.807, 2.05) is 0 Å². The van der Waals surface area contributed by atoms with Crippen molar-refractivity contribution in [2.75, 3.05) is 7.11 Å². The second-order valence-corrected chi connectivity index (χ2v) is 15.3. The molecular formula is C33H52O4. The van der Waals surface area contributed by atoms with E-state index in [-0.39, 0.29) is 45.1 Å². The number of carbonyl (C=O) groups is 2. The minimum Gasteiger partial charge on any atom is -0.469 e. The van der Waals surface area contributed by atoms with Gasteiger partial charge in [0.05, 0.1) is 12.5 Å². The van der Waals surface area contributed by atoms with Gasteiger partial charge in [0, 0.05) is 12.3 Å². The van der Waals surface area contributed by atoms with Gasteiger partial charge >= 0.3 is 11.9 Å². The lowest BCUT2D eigenvalue weighted by molar-refractivity contribution is -0.214. The predicted molar refractivity (Wildman–Crippen MR) is 147 cm³/mol. The fraction of sp³-hybridized carbons (Fsp3) is 0.879. The van der Waals surface area contributed by atoms with Gasteiger partial charge in [0.1, 0.15) is 6.10 Å². The van der Waals surface area contributed by atoms with Gasteiger partial charge in [0.15, 0.2) is 0 Å². The van der Waals surface area contributed by atoms with Crippen LogP contribution in [0.15, 0.2) is 11.6 Å². The third-order valence-corrected chi connectivity index (χ3v) is 13.8. The van der Waals surface area contributed by atoms with Crippen LogP contribution >= 0.6 is 0 Å². The minimum atomic E-state index is -0.347. The first-order chi connectivity index (χ1) is 17.2. The van der Waals surface area contributed by atoms with Crippen molar-refractivity contribution in [1.82, 2.24) is 0 Å². The number of hydrogen-bond acceptors (Lipinski definition) is 4. The Balaban J connectivity index is 1.57. The van der Waals surface area contributed by atoms with Crippen molar-refractivity contribution in [3.63, 3.8) is 0 Å². The lowest BCUT2D eigenvalue weighted by Gasteiger charge is -2.71. The average molecular weight is 513 g/mol. The van der Waals surface area contributed by atoms with E-state index in [0.717, 1.165) is 44.9 Å². The molecule has 0 aromatic heterocycles. The number of esters is 2. The van der Waals surface area contributed by atoms with Gasteiger partial charge in [-0.05, 0) is 104 Å². The van der Waals surface area contributed by atoms with Crippen LogP contribution in [0.1, 0.15) is 113 Å². The maximum absolute atomic E-state index is 13.4. The summed E-state index contributed by atoms with van der Waals surface area (Å²) in [7, 11) is 1.59. The number of rotatable bonds is 2. The van der Waals surface area contributed by atoms with Crippen LogP contribution in [-0.2, 0) is 19.1 Å². The van der Waals surface area contributed by atoms with Crippen molar-refractivity contribution in [2.45, 2.75) is 119 Å². The van der Waals surface area contributed by atoms with E-state index in [1.54, 1.807) is 19.6 Å². The zero-order valence-electron chi connectivity index (χ0n) is 25.0. The molecule has 0 spiro atoms. The molecule has 0 aromatic carbocycles. The van der Waals surface area contributed by atoms with Crippen molar-refractivity contribution in [3.8, 4) is 0 Å². The van der Waals surface area contributed by atoms with Gasteiger partial charge in [-0.2, -0.15) is 0 Å². The lowest BCUT2D eigenvalue weighted by Crippen LogP contribution is -2.65. The van der Waals surface area contributed by atoms with Gasteiger partial charge in [-0.25, -0.2) is 0 Å². The average Bonchev–Trinajstić information content (AvgIpc) is 2.83. The van der Waals surface area contributed by atoms with Gasteiger partial charge in [0.25, 0.3) is 0 Å². The highest BCUT2D eigenvalue weighted by Crippen LogP contribution is 2.76. The zero-order chi connectivity index (χ0) is 27.2. The van der Waals surface area contributed by atoms with Crippen LogP contribution in [0.5, 0.6) is 0 Å². The summed E-state index contributed by atoms with van der Waals surface area (Å²) in [6, 6.07) is 0. The molecule has 208 valence electrons. The molecule has 4 nitrogen and oxygen atoms in total. The second kappa shape index (κ2) is 8.59. The highest BCUT2D eigenvalue weighted by Gasteiger charge is 2.69. The Morgan fingerprint density at radius 2 is 1.59 bits per heavy atom. The van der Waals surface area contributed by atoms with E-state index < -0.39 is 0 Å². The normalized spacial score (nSPS) is 50.4. The summed E-state index contributed by atoms with van der Waals surface area (Å²) in [5, 5.41) is 0. The number of fused-ring (bicyclic) bond motifs is 7. The Kier molecular flexibility index (Phi) is 6.33. The Morgan fingerprint density at radius 1 is 0.892 bits per heavy atom. The molecule has 0 heterocycles. The van der Waals surface area contributed by atoms with Crippen LogP contribution in [0.25, 0.3) is 0 Å². The summed E-state index contributed by atoms with van der Waals surface area (Å²) >= 11 is 0. The van der Waals surface area contributed by atoms with Crippen LogP contribution in [0.3, 0.4) is 0 Å². The summed E-state index contributed by atoms with van der Waals surface area (Å²) in [5.74, 6) is 2.45. The monoisotopic (exact) mass is 512 g/mol. The second-order valence-electron chi connectivity index (χ2n) is 15.3. The molecule has 0 amide bonds. The molecule has 0 N–H and O–H groups in total. The van der Waals surface area contributed by atoms with Gasteiger partial charge in [-0.15, -0.1) is 0 Å². The number of carbonyl (C=O) groups excluding carboxylic acids is 2. The van der Waals surface area contributed by atoms with E-state index in [9.17, 15) is 9.59 Å². The molecule has 0 aliphatic heterocycles. The predicted octanol–water partition coefficient (Wildman–Crippen LogP) is 7.75. The largest absolute Gasteiger partial charge is 0.469 e. The highest BCUT2D eigenvalue weighted by molar-refractivity contribution is 5.78. The van der Waals surface area contributed by atoms with Crippen LogP contribution < -0.4 is 0 Å². The summed E-state index contributed by atoms with van der Waals surface area (Å²) in [4.78, 5) is 25.4. The quantitative estimate of drug-likeness (QED) is 0.280. The lowest BCUT2D eigenvalue weighted by atomic mass is 9.33. The molecule has 4 heteroatoms. The van der Waals surface area contributed by atoms with Crippen molar-refractivity contribution < 1.29 is 19.1 Å². The van der Waals surface area contributed by atoms with Crippen molar-refractivity contribution in [3.05, 3.63) is 11.6 Å². The first kappa shape index (κ1) is 27.3. The molecule has 0 bridgehead atoms. The van der Waals surface area contributed by atoms with Crippen LogP contribution in [0.4, 0.5) is 0 Å². The molecule has 0 radical (unpaired) electrons. The van der Waals surface area contributed by atoms with Gasteiger partial charge in [-0.3, -0.25) is 9.59 Å². The summed E-state index contributed by atoms with van der Waals surface area (Å²) in [6.07, 6.45) is 12.4. The number of methoxy groups -OCH3 is 1. The maximum Gasteiger partial charge on any atom is 0.312 e. The van der Waals surface area contributed by atoms with E-state index in [0.29, 0.717) is 29.6 Å². The molecule has 37 heavy (non-hydrogen) atoms. The Morgan fingerprint density at radius 3 is 2.24 bits per heavy atom. The summed E-state index contributed by atoms with van der Waals surface area (Å²) < 4.78 is 11.4. The first-order valence-corrected chi connectivity index (χ1v) is 15.2. The van der Waals surface area contributed by atoms with Crippen molar-refractivity contribution in [2.24, 2.45) is 56.7 Å². The summed E-state index contributed by atoms with van der Waals surface area (Å²) in [5.41, 5.74) is 1.76. The first-order valence-electron chi connectivity index (χ1n) is 15.2. The Bertz CT molecular complexity index is 996. The molecule has 4 saturated carbocycles. The SMILES string of the molecule is COC(=O)[C@@]12CC[C@@H](C)[C@@H](C)[C@H]1C1=CC[C@H]3[C@@]4(C)CC[C@H](OC(C)=O)C(C)(C)[C@@H]4CC[C@]3(C)[C@]1(C)CC2. The van der Waals surface area contributed by atoms with E-state index >= 15 is 0 Å². The third kappa shape index (κ3) is 3.45. The smallest absolute Gasteiger partial charge is 0.312 e. The molecule has 0 saturated heterocycles. The zero-order valence-corrected chi connectivity index (χ0v) is 25.0. The fourth-order valence-electron chi connectivity index (χ4n) is 11.4. The van der Waals surface area contributed by atoms with Gasteiger partial charge in [0.2, 0.25) is 0 Å². The maximum atomic E-state index is 13.4. The number of hydrogen-bond donors (Lipinski definition) is 0. The van der Waals surface area contributed by atoms with Gasteiger partial charge < -0.3 is 9.47 Å². The van der Waals surface area contributed by atoms with E-state index in [4.69, 9.17) is 9.47 Å². The molecule has 0 unspecified atom stereocenters. The Hall–Kier alpha value is -1.32. The minimum absolute atomic E-state index is 0.0117.